The van der Waals surface area contributed by atoms with Gasteiger partial charge < -0.3 is 10.6 Å². The molecule has 0 unspecified atom stereocenters. The standard InChI is InChI=1S/C18H30N6.HI/c1-5-19-17(20-12-8-7-11-18(2,3)4)21-14-16-23-22-15-10-6-9-13-24(15)16;/h6,9-10,13H,5,7-8,11-12,14H2,1-4H3,(H2,19,20,21);1H. The fraction of sp³-hybridized carbons (Fsp3) is 0.611. The summed E-state index contributed by atoms with van der Waals surface area (Å²) in [4.78, 5) is 4.62. The van der Waals surface area contributed by atoms with Crippen molar-refractivity contribution in [2.24, 2.45) is 10.4 Å². The SMILES string of the molecule is CCNC(=NCc1nnc2ccccn12)NCCCCC(C)(C)C.I. The van der Waals surface area contributed by atoms with Gasteiger partial charge >= 0.3 is 0 Å². The maximum absolute atomic E-state index is 4.62. The number of unbranched alkanes of at least 4 members (excludes halogenated alkanes) is 1. The number of hydrogen-bond donors (Lipinski definition) is 2. The Morgan fingerprint density at radius 3 is 2.68 bits per heavy atom. The minimum Gasteiger partial charge on any atom is -0.357 e. The van der Waals surface area contributed by atoms with Crippen molar-refractivity contribution in [3.63, 3.8) is 0 Å². The summed E-state index contributed by atoms with van der Waals surface area (Å²) in [6.07, 6.45) is 5.58. The first kappa shape index (κ1) is 21.7. The molecule has 0 aliphatic rings. The van der Waals surface area contributed by atoms with Crippen LogP contribution >= 0.6 is 24.0 Å². The van der Waals surface area contributed by atoms with Crippen molar-refractivity contribution < 1.29 is 0 Å². The van der Waals surface area contributed by atoms with Gasteiger partial charge in [-0.15, -0.1) is 34.2 Å². The molecule has 2 rings (SSSR count). The smallest absolute Gasteiger partial charge is 0.191 e. The summed E-state index contributed by atoms with van der Waals surface area (Å²) in [7, 11) is 0. The van der Waals surface area contributed by atoms with Crippen LogP contribution in [0.1, 0.15) is 52.8 Å². The number of nitrogens with zero attached hydrogens (tertiary/aromatic N) is 4. The van der Waals surface area contributed by atoms with E-state index in [9.17, 15) is 0 Å². The summed E-state index contributed by atoms with van der Waals surface area (Å²) in [5.74, 6) is 1.68. The van der Waals surface area contributed by atoms with E-state index in [0.717, 1.165) is 36.9 Å². The van der Waals surface area contributed by atoms with E-state index in [2.05, 4.69) is 53.5 Å². The topological polar surface area (TPSA) is 66.6 Å². The number of fused-ring (bicyclic) bond motifs is 1. The predicted molar refractivity (Wildman–Crippen MR) is 115 cm³/mol. The van der Waals surface area contributed by atoms with Crippen LogP contribution in [0.2, 0.25) is 0 Å². The highest BCUT2D eigenvalue weighted by Crippen LogP contribution is 2.21. The summed E-state index contributed by atoms with van der Waals surface area (Å²) in [5.41, 5.74) is 1.26. The number of guanidine groups is 1. The fourth-order valence-corrected chi connectivity index (χ4v) is 2.48. The van der Waals surface area contributed by atoms with Crippen molar-refractivity contribution in [3.05, 3.63) is 30.2 Å². The third kappa shape index (κ3) is 7.58. The van der Waals surface area contributed by atoms with Crippen molar-refractivity contribution in [3.8, 4) is 0 Å². The van der Waals surface area contributed by atoms with E-state index in [1.807, 2.05) is 28.8 Å². The monoisotopic (exact) mass is 458 g/mol. The Bertz CT molecular complexity index is 659. The highest BCUT2D eigenvalue weighted by molar-refractivity contribution is 14.0. The summed E-state index contributed by atoms with van der Waals surface area (Å²) in [5, 5.41) is 15.0. The van der Waals surface area contributed by atoms with Gasteiger partial charge in [-0.1, -0.05) is 33.3 Å². The Morgan fingerprint density at radius 2 is 1.96 bits per heavy atom. The second kappa shape index (κ2) is 10.6. The molecule has 6 nitrogen and oxygen atoms in total. The first-order valence-corrected chi connectivity index (χ1v) is 8.80. The second-order valence-electron chi connectivity index (χ2n) is 7.18. The Kier molecular flexibility index (Phi) is 9.16. The van der Waals surface area contributed by atoms with E-state index >= 15 is 0 Å². The van der Waals surface area contributed by atoms with E-state index in [1.54, 1.807) is 0 Å². The number of hydrogen-bond acceptors (Lipinski definition) is 3. The Labute approximate surface area is 167 Å². The van der Waals surface area contributed by atoms with Crippen molar-refractivity contribution in [1.29, 1.82) is 0 Å². The fourth-order valence-electron chi connectivity index (χ4n) is 2.48. The number of rotatable bonds is 7. The third-order valence-corrected chi connectivity index (χ3v) is 3.75. The van der Waals surface area contributed by atoms with Gasteiger partial charge in [0.05, 0.1) is 0 Å². The van der Waals surface area contributed by atoms with Gasteiger partial charge in [0.15, 0.2) is 17.4 Å². The molecule has 0 spiro atoms. The van der Waals surface area contributed by atoms with Gasteiger partial charge in [0.25, 0.3) is 0 Å². The maximum atomic E-state index is 4.62. The van der Waals surface area contributed by atoms with Gasteiger partial charge in [0, 0.05) is 19.3 Å². The van der Waals surface area contributed by atoms with Crippen LogP contribution in [0.25, 0.3) is 5.65 Å². The van der Waals surface area contributed by atoms with Crippen LogP contribution < -0.4 is 10.6 Å². The Balaban J connectivity index is 0.00000312. The molecule has 0 saturated carbocycles. The van der Waals surface area contributed by atoms with Crippen LogP contribution in [-0.2, 0) is 6.54 Å². The quantitative estimate of drug-likeness (QED) is 0.288. The highest BCUT2D eigenvalue weighted by Gasteiger charge is 2.09. The van der Waals surface area contributed by atoms with E-state index < -0.39 is 0 Å². The second-order valence-corrected chi connectivity index (χ2v) is 7.18. The lowest BCUT2D eigenvalue weighted by Crippen LogP contribution is -2.37. The van der Waals surface area contributed by atoms with Crippen LogP contribution in [0.15, 0.2) is 29.4 Å². The van der Waals surface area contributed by atoms with Crippen molar-refractivity contribution in [2.45, 2.75) is 53.5 Å². The van der Waals surface area contributed by atoms with Gasteiger partial charge in [0.2, 0.25) is 0 Å². The molecule has 0 aromatic carbocycles. The molecule has 2 N–H and O–H groups in total. The lowest BCUT2D eigenvalue weighted by Gasteiger charge is -2.18. The molecule has 0 aliphatic heterocycles. The predicted octanol–water partition coefficient (Wildman–Crippen LogP) is 3.62. The molecule has 25 heavy (non-hydrogen) atoms. The molecule has 0 fully saturated rings. The minimum absolute atomic E-state index is 0. The molecule has 0 aliphatic carbocycles. The Morgan fingerprint density at radius 1 is 1.16 bits per heavy atom. The molecule has 0 atom stereocenters. The van der Waals surface area contributed by atoms with Crippen LogP contribution in [0.4, 0.5) is 0 Å². The molecule has 0 amide bonds. The van der Waals surface area contributed by atoms with Gasteiger partial charge in [-0.05, 0) is 37.3 Å². The van der Waals surface area contributed by atoms with Gasteiger partial charge in [0.1, 0.15) is 6.54 Å². The van der Waals surface area contributed by atoms with Crippen molar-refractivity contribution >= 4 is 35.6 Å². The molecular formula is C18H31IN6. The summed E-state index contributed by atoms with van der Waals surface area (Å²) in [6, 6.07) is 5.88. The summed E-state index contributed by atoms with van der Waals surface area (Å²) >= 11 is 0. The van der Waals surface area contributed by atoms with E-state index in [1.165, 1.54) is 12.8 Å². The average molecular weight is 458 g/mol. The molecule has 0 saturated heterocycles. The average Bonchev–Trinajstić information content (AvgIpc) is 2.94. The molecule has 0 bridgehead atoms. The first-order chi connectivity index (χ1) is 11.5. The van der Waals surface area contributed by atoms with Crippen LogP contribution in [0.3, 0.4) is 0 Å². The molecule has 2 heterocycles. The van der Waals surface area contributed by atoms with Gasteiger partial charge in [-0.3, -0.25) is 4.40 Å². The largest absolute Gasteiger partial charge is 0.357 e. The lowest BCUT2D eigenvalue weighted by molar-refractivity contribution is 0.360. The van der Waals surface area contributed by atoms with E-state index in [4.69, 9.17) is 0 Å². The van der Waals surface area contributed by atoms with Gasteiger partial charge in [-0.25, -0.2) is 4.99 Å². The minimum atomic E-state index is 0. The van der Waals surface area contributed by atoms with Crippen molar-refractivity contribution in [2.75, 3.05) is 13.1 Å². The van der Waals surface area contributed by atoms with Crippen molar-refractivity contribution in [1.82, 2.24) is 25.2 Å². The summed E-state index contributed by atoms with van der Waals surface area (Å²) < 4.78 is 1.97. The lowest BCUT2D eigenvalue weighted by atomic mass is 9.90. The number of pyridine rings is 1. The number of halogens is 1. The maximum Gasteiger partial charge on any atom is 0.191 e. The molecule has 2 aromatic rings. The summed E-state index contributed by atoms with van der Waals surface area (Å²) in [6.45, 7) is 11.2. The highest BCUT2D eigenvalue weighted by atomic mass is 127. The zero-order valence-electron chi connectivity index (χ0n) is 15.7. The van der Waals surface area contributed by atoms with E-state index in [0.29, 0.717) is 12.0 Å². The third-order valence-electron chi connectivity index (χ3n) is 3.75. The molecular weight excluding hydrogens is 427 g/mol. The normalized spacial score (nSPS) is 12.1. The zero-order chi connectivity index (χ0) is 17.4. The van der Waals surface area contributed by atoms with Crippen LogP contribution in [0, 0.1) is 5.41 Å². The molecule has 0 radical (unpaired) electrons. The number of nitrogens with one attached hydrogen (secondary N) is 2. The van der Waals surface area contributed by atoms with Crippen LogP contribution in [0.5, 0.6) is 0 Å². The van der Waals surface area contributed by atoms with Crippen LogP contribution in [-0.4, -0.2) is 33.6 Å². The number of aromatic nitrogens is 3. The molecule has 7 heteroatoms. The first-order valence-electron chi connectivity index (χ1n) is 8.80. The Hall–Kier alpha value is -1.38. The van der Waals surface area contributed by atoms with E-state index in [-0.39, 0.29) is 24.0 Å². The molecule has 140 valence electrons. The number of aliphatic imine (C=N–C) groups is 1. The zero-order valence-corrected chi connectivity index (χ0v) is 18.1. The van der Waals surface area contributed by atoms with Gasteiger partial charge in [-0.2, -0.15) is 0 Å². The molecule has 2 aromatic heterocycles.